The van der Waals surface area contributed by atoms with Crippen molar-refractivity contribution >= 4 is 28.4 Å². The maximum Gasteiger partial charge on any atom is 0.262 e. The quantitative estimate of drug-likeness (QED) is 0.800. The molecule has 1 unspecified atom stereocenters. The van der Waals surface area contributed by atoms with Gasteiger partial charge in [-0.15, -0.1) is 0 Å². The zero-order valence-corrected chi connectivity index (χ0v) is 17.4. The molecule has 7 heteroatoms. The highest BCUT2D eigenvalue weighted by Crippen LogP contribution is 2.25. The zero-order valence-electron chi connectivity index (χ0n) is 17.4. The third kappa shape index (κ3) is 4.60. The first kappa shape index (κ1) is 20.9. The zero-order chi connectivity index (χ0) is 21.3. The molecule has 154 valence electrons. The van der Waals surface area contributed by atoms with E-state index in [1.165, 1.54) is 4.57 Å². The molecule has 0 spiro atoms. The Morgan fingerprint density at radius 2 is 1.97 bits per heavy atom. The third-order valence-electron chi connectivity index (χ3n) is 5.11. The highest BCUT2D eigenvalue weighted by atomic mass is 16.2. The molecule has 1 aromatic heterocycles. The van der Waals surface area contributed by atoms with Crippen molar-refractivity contribution in [3.63, 3.8) is 0 Å². The summed E-state index contributed by atoms with van der Waals surface area (Å²) < 4.78 is 1.41. The number of amides is 1. The van der Waals surface area contributed by atoms with E-state index in [1.54, 1.807) is 25.1 Å². The molecular formula is C22H27N3O4. The average Bonchev–Trinajstić information content (AvgIpc) is 2.60. The third-order valence-corrected chi connectivity index (χ3v) is 5.11. The first-order chi connectivity index (χ1) is 13.6. The van der Waals surface area contributed by atoms with Gasteiger partial charge < -0.3 is 5.32 Å². The molecule has 1 N–H and O–H groups in total. The normalized spacial score (nSPS) is 17.6. The average molecular weight is 397 g/mol. The van der Waals surface area contributed by atoms with E-state index in [9.17, 15) is 19.2 Å². The lowest BCUT2D eigenvalue weighted by Crippen LogP contribution is -2.36. The molecule has 1 amide bonds. The first-order valence-corrected chi connectivity index (χ1v) is 9.88. The van der Waals surface area contributed by atoms with Gasteiger partial charge in [-0.25, -0.2) is 4.98 Å². The Balaban J connectivity index is 1.99. The van der Waals surface area contributed by atoms with Crippen LogP contribution in [0, 0.1) is 12.3 Å². The lowest BCUT2D eigenvalue weighted by molar-refractivity contribution is -0.132. The monoisotopic (exact) mass is 397 g/mol. The summed E-state index contributed by atoms with van der Waals surface area (Å²) in [6.07, 6.45) is 0.837. The van der Waals surface area contributed by atoms with Gasteiger partial charge in [-0.05, 0) is 30.4 Å². The molecule has 1 aliphatic rings. The molecule has 0 radical (unpaired) electrons. The summed E-state index contributed by atoms with van der Waals surface area (Å²) >= 11 is 0. The number of benzene rings is 1. The number of hydrogen-bond acceptors (Lipinski definition) is 5. The molecule has 1 fully saturated rings. The van der Waals surface area contributed by atoms with Gasteiger partial charge in [0.15, 0.2) is 5.78 Å². The van der Waals surface area contributed by atoms with Crippen LogP contribution in [0.2, 0.25) is 0 Å². The number of carbonyl (C=O) groups excluding carboxylic acids is 3. The maximum atomic E-state index is 13.3. The van der Waals surface area contributed by atoms with Gasteiger partial charge in [0, 0.05) is 19.4 Å². The van der Waals surface area contributed by atoms with Gasteiger partial charge in [0.05, 0.1) is 23.4 Å². The Hall–Kier alpha value is -2.83. The van der Waals surface area contributed by atoms with Crippen LogP contribution in [-0.2, 0) is 20.9 Å². The van der Waals surface area contributed by atoms with Crippen molar-refractivity contribution in [3.05, 3.63) is 39.9 Å². The number of ketones is 2. The van der Waals surface area contributed by atoms with E-state index >= 15 is 0 Å². The summed E-state index contributed by atoms with van der Waals surface area (Å²) in [6.45, 7) is 7.87. The minimum Gasteiger partial charge on any atom is -0.352 e. The second-order valence-electron chi connectivity index (χ2n) is 8.90. The van der Waals surface area contributed by atoms with E-state index in [0.717, 1.165) is 0 Å². The molecule has 29 heavy (non-hydrogen) atoms. The van der Waals surface area contributed by atoms with Gasteiger partial charge in [-0.1, -0.05) is 32.9 Å². The number of Topliss-reactive ketones (excluding diaryl/α,β-unsaturated/α-hetero) is 2. The topological polar surface area (TPSA) is 98.1 Å². The largest absolute Gasteiger partial charge is 0.352 e. The molecule has 3 rings (SSSR count). The van der Waals surface area contributed by atoms with Crippen molar-refractivity contribution in [3.8, 4) is 0 Å². The number of nitrogens with one attached hydrogen (secondary N) is 1. The van der Waals surface area contributed by atoms with E-state index in [2.05, 4.69) is 10.3 Å². The predicted octanol–water partition coefficient (Wildman–Crippen LogP) is 2.62. The van der Waals surface area contributed by atoms with Crippen molar-refractivity contribution in [2.75, 3.05) is 0 Å². The van der Waals surface area contributed by atoms with Gasteiger partial charge in [-0.3, -0.25) is 23.7 Å². The van der Waals surface area contributed by atoms with Gasteiger partial charge in [0.2, 0.25) is 5.91 Å². The lowest BCUT2D eigenvalue weighted by atomic mass is 9.92. The summed E-state index contributed by atoms with van der Waals surface area (Å²) in [4.78, 5) is 54.1. The minimum absolute atomic E-state index is 0.0872. The molecule has 7 nitrogen and oxygen atoms in total. The second kappa shape index (κ2) is 7.89. The lowest BCUT2D eigenvalue weighted by Gasteiger charge is -2.24. The van der Waals surface area contributed by atoms with Crippen LogP contribution < -0.4 is 10.9 Å². The van der Waals surface area contributed by atoms with Crippen LogP contribution in [0.1, 0.15) is 63.9 Å². The van der Waals surface area contributed by atoms with E-state index < -0.39 is 6.04 Å². The molecular weight excluding hydrogens is 370 g/mol. The van der Waals surface area contributed by atoms with Crippen LogP contribution >= 0.6 is 0 Å². The molecule has 0 saturated heterocycles. The summed E-state index contributed by atoms with van der Waals surface area (Å²) in [5, 5.41) is 3.28. The van der Waals surface area contributed by atoms with E-state index in [0.29, 0.717) is 35.1 Å². The fourth-order valence-corrected chi connectivity index (χ4v) is 3.81. The smallest absolute Gasteiger partial charge is 0.262 e. The number of hydrogen-bond donors (Lipinski definition) is 1. The summed E-state index contributed by atoms with van der Waals surface area (Å²) in [7, 11) is 0. The second-order valence-corrected chi connectivity index (χ2v) is 8.90. The fraction of sp³-hybridized carbons (Fsp3) is 0.500. The van der Waals surface area contributed by atoms with E-state index in [4.69, 9.17) is 0 Å². The van der Waals surface area contributed by atoms with Gasteiger partial charge in [0.25, 0.3) is 5.56 Å². The van der Waals surface area contributed by atoms with Crippen molar-refractivity contribution < 1.29 is 14.4 Å². The Morgan fingerprint density at radius 3 is 2.62 bits per heavy atom. The molecule has 1 aliphatic carbocycles. The Bertz CT molecular complexity index is 1050. The predicted molar refractivity (Wildman–Crippen MR) is 110 cm³/mol. The van der Waals surface area contributed by atoms with Crippen LogP contribution in [-0.4, -0.2) is 27.0 Å². The van der Waals surface area contributed by atoms with Crippen molar-refractivity contribution in [1.82, 2.24) is 14.9 Å². The Labute approximate surface area is 169 Å². The highest BCUT2D eigenvalue weighted by molar-refractivity contribution is 6.03. The van der Waals surface area contributed by atoms with Crippen molar-refractivity contribution in [2.24, 2.45) is 5.41 Å². The van der Waals surface area contributed by atoms with Crippen LogP contribution in [0.4, 0.5) is 0 Å². The molecule has 0 aliphatic heterocycles. The maximum absolute atomic E-state index is 13.3. The van der Waals surface area contributed by atoms with Gasteiger partial charge in [-0.2, -0.15) is 0 Å². The van der Waals surface area contributed by atoms with Crippen LogP contribution in [0.25, 0.3) is 10.9 Å². The van der Waals surface area contributed by atoms with E-state index in [-0.39, 0.29) is 47.8 Å². The van der Waals surface area contributed by atoms with Crippen LogP contribution in [0.5, 0.6) is 0 Å². The van der Waals surface area contributed by atoms with E-state index in [1.807, 2.05) is 20.8 Å². The highest BCUT2D eigenvalue weighted by Gasteiger charge is 2.31. The SMILES string of the molecule is Cc1nc2cccc(CNC(=O)CC(C)(C)C)c2c(=O)n1C1CCC(=O)CC1=O. The Kier molecular flexibility index (Phi) is 5.68. The molecule has 1 aromatic carbocycles. The van der Waals surface area contributed by atoms with Crippen LogP contribution in [0.3, 0.4) is 0 Å². The molecule has 1 atom stereocenters. The fourth-order valence-electron chi connectivity index (χ4n) is 3.81. The van der Waals surface area contributed by atoms with Crippen LogP contribution in [0.15, 0.2) is 23.0 Å². The summed E-state index contributed by atoms with van der Waals surface area (Å²) in [5.74, 6) is 0.0245. The summed E-state index contributed by atoms with van der Waals surface area (Å²) in [5.41, 5.74) is 0.759. The molecule has 1 heterocycles. The minimum atomic E-state index is -0.666. The molecule has 0 bridgehead atoms. The summed E-state index contributed by atoms with van der Waals surface area (Å²) in [6, 6.07) is 4.67. The van der Waals surface area contributed by atoms with Gasteiger partial charge in [0.1, 0.15) is 11.6 Å². The number of aromatic nitrogens is 2. The standard InChI is InChI=1S/C22H27N3O4/c1-13-24-16-7-5-6-14(12-23-19(28)11-22(2,3)4)20(16)21(29)25(13)17-9-8-15(26)10-18(17)27/h5-7,17H,8-12H2,1-4H3,(H,23,28). The van der Waals surface area contributed by atoms with Crippen molar-refractivity contribution in [1.29, 1.82) is 0 Å². The van der Waals surface area contributed by atoms with Gasteiger partial charge >= 0.3 is 0 Å². The first-order valence-electron chi connectivity index (χ1n) is 9.88. The number of aryl methyl sites for hydroxylation is 1. The number of carbonyl (C=O) groups is 3. The molecule has 2 aromatic rings. The number of fused-ring (bicyclic) bond motifs is 1. The number of rotatable bonds is 4. The Morgan fingerprint density at radius 1 is 1.24 bits per heavy atom. The van der Waals surface area contributed by atoms with Crippen molar-refractivity contribution in [2.45, 2.75) is 66.0 Å². The molecule has 1 saturated carbocycles. The number of nitrogens with zero attached hydrogens (tertiary/aromatic N) is 2.